The largest absolute Gasteiger partial charge is 0.424 e. The molecule has 1 N–H and O–H groups in total. The van der Waals surface area contributed by atoms with Gasteiger partial charge in [-0.2, -0.15) is 0 Å². The standard InChI is InChI=1S/C11H13N3O3S/c1-8-5-3-4-6-10(8)18(15,16)12-7-11-14-13-9(2)17-11/h3-6,12H,7H2,1-2H3. The molecule has 0 bridgehead atoms. The molecule has 0 amide bonds. The maximum Gasteiger partial charge on any atom is 0.241 e. The van der Waals surface area contributed by atoms with Gasteiger partial charge < -0.3 is 4.42 Å². The van der Waals surface area contributed by atoms with Gasteiger partial charge >= 0.3 is 0 Å². The summed E-state index contributed by atoms with van der Waals surface area (Å²) in [7, 11) is -3.56. The summed E-state index contributed by atoms with van der Waals surface area (Å²) < 4.78 is 31.6. The second-order valence-corrected chi connectivity index (χ2v) is 5.54. The Labute approximate surface area is 105 Å². The Hall–Kier alpha value is -1.73. The summed E-state index contributed by atoms with van der Waals surface area (Å²) in [4.78, 5) is 0.251. The molecule has 1 aromatic heterocycles. The van der Waals surface area contributed by atoms with Gasteiger partial charge in [0.2, 0.25) is 21.8 Å². The van der Waals surface area contributed by atoms with Crippen LogP contribution in [-0.4, -0.2) is 18.6 Å². The van der Waals surface area contributed by atoms with E-state index in [1.807, 2.05) is 0 Å². The molecule has 1 aromatic carbocycles. The number of hydrogen-bond donors (Lipinski definition) is 1. The number of nitrogens with one attached hydrogen (secondary N) is 1. The lowest BCUT2D eigenvalue weighted by Crippen LogP contribution is -2.24. The third kappa shape index (κ3) is 2.74. The fourth-order valence-corrected chi connectivity index (χ4v) is 2.72. The second-order valence-electron chi connectivity index (χ2n) is 3.80. The summed E-state index contributed by atoms with van der Waals surface area (Å²) in [6.45, 7) is 3.37. The van der Waals surface area contributed by atoms with Gasteiger partial charge in [-0.3, -0.25) is 0 Å². The SMILES string of the molecule is Cc1nnc(CNS(=O)(=O)c2ccccc2C)o1. The molecule has 6 nitrogen and oxygen atoms in total. The molecule has 18 heavy (non-hydrogen) atoms. The third-order valence-electron chi connectivity index (χ3n) is 2.36. The number of aryl methyl sites for hydroxylation is 2. The Balaban J connectivity index is 2.16. The van der Waals surface area contributed by atoms with Gasteiger partial charge in [0.1, 0.15) is 0 Å². The molecule has 96 valence electrons. The fourth-order valence-electron chi connectivity index (χ4n) is 1.50. The number of aromatic nitrogens is 2. The number of rotatable bonds is 4. The van der Waals surface area contributed by atoms with Crippen LogP contribution in [0, 0.1) is 13.8 Å². The molecule has 0 radical (unpaired) electrons. The monoisotopic (exact) mass is 267 g/mol. The van der Waals surface area contributed by atoms with Crippen molar-refractivity contribution in [2.75, 3.05) is 0 Å². The van der Waals surface area contributed by atoms with Crippen LogP contribution in [-0.2, 0) is 16.6 Å². The van der Waals surface area contributed by atoms with Crippen molar-refractivity contribution in [3.8, 4) is 0 Å². The first-order valence-electron chi connectivity index (χ1n) is 5.33. The van der Waals surface area contributed by atoms with Crippen molar-refractivity contribution in [2.45, 2.75) is 25.3 Å². The molecule has 0 unspecified atom stereocenters. The summed E-state index contributed by atoms with van der Waals surface area (Å²) in [6.07, 6.45) is 0. The molecule has 0 saturated carbocycles. The van der Waals surface area contributed by atoms with Gasteiger partial charge in [0.05, 0.1) is 11.4 Å². The normalized spacial score (nSPS) is 11.7. The minimum atomic E-state index is -3.56. The van der Waals surface area contributed by atoms with E-state index in [0.29, 0.717) is 11.5 Å². The van der Waals surface area contributed by atoms with E-state index in [9.17, 15) is 8.42 Å². The van der Waals surface area contributed by atoms with Gasteiger partial charge in [0.25, 0.3) is 0 Å². The first-order valence-corrected chi connectivity index (χ1v) is 6.81. The Morgan fingerprint density at radius 2 is 1.94 bits per heavy atom. The van der Waals surface area contributed by atoms with E-state index >= 15 is 0 Å². The molecule has 0 atom stereocenters. The zero-order chi connectivity index (χ0) is 13.2. The van der Waals surface area contributed by atoms with Crippen LogP contribution in [0.15, 0.2) is 33.6 Å². The van der Waals surface area contributed by atoms with E-state index in [-0.39, 0.29) is 17.3 Å². The maximum atomic E-state index is 12.0. The maximum absolute atomic E-state index is 12.0. The van der Waals surface area contributed by atoms with Gasteiger partial charge in [0.15, 0.2) is 0 Å². The highest BCUT2D eigenvalue weighted by Gasteiger charge is 2.17. The quantitative estimate of drug-likeness (QED) is 0.898. The lowest BCUT2D eigenvalue weighted by atomic mass is 10.2. The van der Waals surface area contributed by atoms with E-state index in [4.69, 9.17) is 4.42 Å². The van der Waals surface area contributed by atoms with Crippen LogP contribution in [0.4, 0.5) is 0 Å². The van der Waals surface area contributed by atoms with E-state index < -0.39 is 10.0 Å². The lowest BCUT2D eigenvalue weighted by molar-refractivity contribution is 0.460. The molecular formula is C11H13N3O3S. The minimum absolute atomic E-state index is 0.0164. The van der Waals surface area contributed by atoms with Crippen molar-refractivity contribution in [3.63, 3.8) is 0 Å². The van der Waals surface area contributed by atoms with E-state index in [2.05, 4.69) is 14.9 Å². The smallest absolute Gasteiger partial charge is 0.241 e. The highest BCUT2D eigenvalue weighted by atomic mass is 32.2. The minimum Gasteiger partial charge on any atom is -0.424 e. The summed E-state index contributed by atoms with van der Waals surface area (Å²) in [5, 5.41) is 7.35. The van der Waals surface area contributed by atoms with Crippen LogP contribution in [0.3, 0.4) is 0 Å². The molecule has 0 spiro atoms. The molecule has 0 aliphatic carbocycles. The van der Waals surface area contributed by atoms with Crippen LogP contribution in [0.5, 0.6) is 0 Å². The van der Waals surface area contributed by atoms with Crippen molar-refractivity contribution in [3.05, 3.63) is 41.6 Å². The highest BCUT2D eigenvalue weighted by molar-refractivity contribution is 7.89. The zero-order valence-corrected chi connectivity index (χ0v) is 10.9. The molecular weight excluding hydrogens is 254 g/mol. The predicted octanol–water partition coefficient (Wildman–Crippen LogP) is 1.16. The highest BCUT2D eigenvalue weighted by Crippen LogP contribution is 2.14. The summed E-state index contributed by atoms with van der Waals surface area (Å²) in [5.74, 6) is 0.643. The van der Waals surface area contributed by atoms with Crippen molar-refractivity contribution in [1.82, 2.24) is 14.9 Å². The van der Waals surface area contributed by atoms with Gasteiger partial charge in [0, 0.05) is 6.92 Å². The Kier molecular flexibility index (Phi) is 3.44. The average Bonchev–Trinajstić information content (AvgIpc) is 2.73. The average molecular weight is 267 g/mol. The lowest BCUT2D eigenvalue weighted by Gasteiger charge is -2.07. The Morgan fingerprint density at radius 3 is 2.56 bits per heavy atom. The molecule has 0 aliphatic rings. The van der Waals surface area contributed by atoms with Gasteiger partial charge in [-0.15, -0.1) is 10.2 Å². The van der Waals surface area contributed by atoms with Gasteiger partial charge in [-0.05, 0) is 18.6 Å². The summed E-state index contributed by atoms with van der Waals surface area (Å²) in [5.41, 5.74) is 0.687. The molecule has 2 aromatic rings. The van der Waals surface area contributed by atoms with Crippen molar-refractivity contribution in [2.24, 2.45) is 0 Å². The van der Waals surface area contributed by atoms with E-state index in [1.54, 1.807) is 38.1 Å². The molecule has 0 fully saturated rings. The number of benzene rings is 1. The van der Waals surface area contributed by atoms with Crippen LogP contribution < -0.4 is 4.72 Å². The Morgan fingerprint density at radius 1 is 1.22 bits per heavy atom. The molecule has 2 rings (SSSR count). The Bertz CT molecular complexity index is 649. The van der Waals surface area contributed by atoms with E-state index in [1.165, 1.54) is 0 Å². The van der Waals surface area contributed by atoms with Crippen molar-refractivity contribution in [1.29, 1.82) is 0 Å². The van der Waals surface area contributed by atoms with Crippen LogP contribution in [0.2, 0.25) is 0 Å². The number of hydrogen-bond acceptors (Lipinski definition) is 5. The van der Waals surface area contributed by atoms with Gasteiger partial charge in [-0.25, -0.2) is 13.1 Å². The summed E-state index contributed by atoms with van der Waals surface area (Å²) >= 11 is 0. The van der Waals surface area contributed by atoms with Gasteiger partial charge in [-0.1, -0.05) is 18.2 Å². The number of sulfonamides is 1. The molecule has 0 aliphatic heterocycles. The topological polar surface area (TPSA) is 85.1 Å². The van der Waals surface area contributed by atoms with Crippen LogP contribution in [0.25, 0.3) is 0 Å². The molecule has 1 heterocycles. The van der Waals surface area contributed by atoms with Crippen molar-refractivity contribution < 1.29 is 12.8 Å². The van der Waals surface area contributed by atoms with Crippen LogP contribution >= 0.6 is 0 Å². The summed E-state index contributed by atoms with van der Waals surface area (Å²) in [6, 6.07) is 6.76. The zero-order valence-electron chi connectivity index (χ0n) is 10.0. The second kappa shape index (κ2) is 4.87. The predicted molar refractivity (Wildman–Crippen MR) is 64.2 cm³/mol. The molecule has 7 heteroatoms. The number of nitrogens with zero attached hydrogens (tertiary/aromatic N) is 2. The van der Waals surface area contributed by atoms with Crippen LogP contribution in [0.1, 0.15) is 17.3 Å². The first kappa shape index (κ1) is 12.7. The first-order chi connectivity index (χ1) is 8.49. The van der Waals surface area contributed by atoms with Crippen molar-refractivity contribution >= 4 is 10.0 Å². The van der Waals surface area contributed by atoms with E-state index in [0.717, 1.165) is 0 Å². The molecule has 0 saturated heterocycles. The fraction of sp³-hybridized carbons (Fsp3) is 0.273. The third-order valence-corrected chi connectivity index (χ3v) is 3.93.